The fourth-order valence-corrected chi connectivity index (χ4v) is 4.71. The molecular weight excluding hydrogens is 320 g/mol. The maximum absolute atomic E-state index is 11.5. The molecule has 18 heavy (non-hydrogen) atoms. The number of aromatic nitrogens is 2. The zero-order valence-electron chi connectivity index (χ0n) is 10.5. The Hall–Kier alpha value is -0.400. The lowest BCUT2D eigenvalue weighted by molar-refractivity contribution is 0.0658. The van der Waals surface area contributed by atoms with E-state index in [1.54, 1.807) is 0 Å². The number of hydrogen-bond acceptors (Lipinski definition) is 4. The molecular formula is C11H17BrN2O3S. The molecule has 5 nitrogen and oxygen atoms in total. The lowest BCUT2D eigenvalue weighted by Gasteiger charge is -2.21. The van der Waals surface area contributed by atoms with Crippen LogP contribution in [0.25, 0.3) is 0 Å². The van der Waals surface area contributed by atoms with Crippen LogP contribution in [0, 0.1) is 6.92 Å². The van der Waals surface area contributed by atoms with Crippen molar-refractivity contribution in [2.45, 2.75) is 38.8 Å². The molecule has 0 spiro atoms. The molecule has 1 N–H and O–H groups in total. The highest BCUT2D eigenvalue weighted by Gasteiger charge is 2.41. The first-order valence-electron chi connectivity index (χ1n) is 5.91. The Labute approximate surface area is 115 Å². The summed E-state index contributed by atoms with van der Waals surface area (Å²) in [6, 6.07) is 0. The lowest BCUT2D eigenvalue weighted by atomic mass is 9.97. The van der Waals surface area contributed by atoms with E-state index in [0.29, 0.717) is 19.4 Å². The zero-order chi connectivity index (χ0) is 13.6. The molecule has 0 aliphatic carbocycles. The van der Waals surface area contributed by atoms with Gasteiger partial charge in [0.15, 0.2) is 9.84 Å². The summed E-state index contributed by atoms with van der Waals surface area (Å²) in [5.74, 6) is -0.0826. The minimum absolute atomic E-state index is 0.0698. The second kappa shape index (κ2) is 4.61. The molecule has 1 atom stereocenters. The smallest absolute Gasteiger partial charge is 0.153 e. The van der Waals surface area contributed by atoms with Crippen molar-refractivity contribution in [3.05, 3.63) is 15.9 Å². The van der Waals surface area contributed by atoms with E-state index in [2.05, 4.69) is 21.0 Å². The zero-order valence-corrected chi connectivity index (χ0v) is 12.9. The fourth-order valence-electron chi connectivity index (χ4n) is 2.39. The highest BCUT2D eigenvalue weighted by atomic mass is 79.9. The van der Waals surface area contributed by atoms with E-state index in [1.165, 1.54) is 0 Å². The number of aryl methyl sites for hydroxylation is 2. The number of rotatable bonds is 3. The van der Waals surface area contributed by atoms with Gasteiger partial charge in [-0.3, -0.25) is 4.68 Å². The summed E-state index contributed by atoms with van der Waals surface area (Å²) in [5, 5.41) is 14.7. The topological polar surface area (TPSA) is 72.2 Å². The molecule has 0 amide bonds. The molecule has 0 aromatic carbocycles. The van der Waals surface area contributed by atoms with Crippen LogP contribution < -0.4 is 0 Å². The maximum Gasteiger partial charge on any atom is 0.153 e. The van der Waals surface area contributed by atoms with Gasteiger partial charge in [0.05, 0.1) is 33.0 Å². The molecule has 1 aromatic rings. The number of aliphatic hydroxyl groups is 1. The van der Waals surface area contributed by atoms with Gasteiger partial charge < -0.3 is 5.11 Å². The molecule has 1 saturated heterocycles. The minimum atomic E-state index is -3.09. The van der Waals surface area contributed by atoms with Crippen LogP contribution in [0.15, 0.2) is 4.47 Å². The summed E-state index contributed by atoms with van der Waals surface area (Å²) in [7, 11) is -3.09. The SMILES string of the molecule is CCn1nc(C)c(Br)c1CC1(O)CCS(=O)(=O)C1. The maximum atomic E-state index is 11.5. The van der Waals surface area contributed by atoms with Gasteiger partial charge in [-0.2, -0.15) is 5.10 Å². The van der Waals surface area contributed by atoms with Crippen molar-refractivity contribution in [2.75, 3.05) is 11.5 Å². The van der Waals surface area contributed by atoms with E-state index >= 15 is 0 Å². The molecule has 1 aromatic heterocycles. The van der Waals surface area contributed by atoms with Crippen LogP contribution in [-0.4, -0.2) is 40.4 Å². The Balaban J connectivity index is 2.30. The highest BCUT2D eigenvalue weighted by molar-refractivity contribution is 9.10. The van der Waals surface area contributed by atoms with Gasteiger partial charge in [0.25, 0.3) is 0 Å². The van der Waals surface area contributed by atoms with Crippen LogP contribution in [0.2, 0.25) is 0 Å². The van der Waals surface area contributed by atoms with Crippen LogP contribution in [0.5, 0.6) is 0 Å². The highest BCUT2D eigenvalue weighted by Crippen LogP contribution is 2.31. The summed E-state index contributed by atoms with van der Waals surface area (Å²) in [6.45, 7) is 4.55. The van der Waals surface area contributed by atoms with Crippen LogP contribution >= 0.6 is 15.9 Å². The van der Waals surface area contributed by atoms with Gasteiger partial charge >= 0.3 is 0 Å². The standard InChI is InChI=1S/C11H17BrN2O3S/c1-3-14-9(10(12)8(2)13-14)6-11(15)4-5-18(16,17)7-11/h15H,3-7H2,1-2H3. The van der Waals surface area contributed by atoms with Gasteiger partial charge in [0.2, 0.25) is 0 Å². The van der Waals surface area contributed by atoms with E-state index in [0.717, 1.165) is 15.9 Å². The Kier molecular flexibility index (Phi) is 3.59. The average Bonchev–Trinajstić information content (AvgIpc) is 2.69. The predicted molar refractivity (Wildman–Crippen MR) is 72.3 cm³/mol. The third kappa shape index (κ3) is 2.62. The summed E-state index contributed by atoms with van der Waals surface area (Å²) >= 11 is 3.46. The number of nitrogens with zero attached hydrogens (tertiary/aromatic N) is 2. The molecule has 1 aliphatic rings. The van der Waals surface area contributed by atoms with Crippen LogP contribution in [0.3, 0.4) is 0 Å². The third-order valence-electron chi connectivity index (χ3n) is 3.32. The first kappa shape index (κ1) is 14.0. The van der Waals surface area contributed by atoms with Crippen molar-refractivity contribution in [2.24, 2.45) is 0 Å². The molecule has 1 unspecified atom stereocenters. The molecule has 102 valence electrons. The molecule has 0 bridgehead atoms. The molecule has 7 heteroatoms. The fraction of sp³-hybridized carbons (Fsp3) is 0.727. The predicted octanol–water partition coefficient (Wildman–Crippen LogP) is 1.07. The Bertz CT molecular complexity index is 567. The third-order valence-corrected chi connectivity index (χ3v) is 6.15. The number of hydrogen-bond donors (Lipinski definition) is 1. The minimum Gasteiger partial charge on any atom is -0.388 e. The summed E-state index contributed by atoms with van der Waals surface area (Å²) < 4.78 is 25.6. The lowest BCUT2D eigenvalue weighted by Crippen LogP contribution is -2.33. The second-order valence-electron chi connectivity index (χ2n) is 4.90. The molecule has 0 radical (unpaired) electrons. The quantitative estimate of drug-likeness (QED) is 0.895. The van der Waals surface area contributed by atoms with Crippen LogP contribution in [-0.2, 0) is 22.8 Å². The van der Waals surface area contributed by atoms with E-state index in [4.69, 9.17) is 0 Å². The molecule has 0 saturated carbocycles. The first-order valence-corrected chi connectivity index (χ1v) is 8.52. The van der Waals surface area contributed by atoms with Crippen molar-refractivity contribution in [3.8, 4) is 0 Å². The average molecular weight is 337 g/mol. The summed E-state index contributed by atoms with van der Waals surface area (Å²) in [6.07, 6.45) is 0.622. The van der Waals surface area contributed by atoms with E-state index in [-0.39, 0.29) is 11.5 Å². The van der Waals surface area contributed by atoms with Gasteiger partial charge in [0, 0.05) is 13.0 Å². The van der Waals surface area contributed by atoms with Gasteiger partial charge in [-0.15, -0.1) is 0 Å². The summed E-state index contributed by atoms with van der Waals surface area (Å²) in [4.78, 5) is 0. The number of halogens is 1. The van der Waals surface area contributed by atoms with Crippen molar-refractivity contribution in [3.63, 3.8) is 0 Å². The first-order chi connectivity index (χ1) is 8.26. The van der Waals surface area contributed by atoms with Gasteiger partial charge in [-0.25, -0.2) is 8.42 Å². The van der Waals surface area contributed by atoms with E-state index < -0.39 is 15.4 Å². The van der Waals surface area contributed by atoms with Crippen molar-refractivity contribution in [1.29, 1.82) is 0 Å². The van der Waals surface area contributed by atoms with Gasteiger partial charge in [-0.05, 0) is 36.2 Å². The number of sulfone groups is 1. The van der Waals surface area contributed by atoms with Crippen LogP contribution in [0.4, 0.5) is 0 Å². The normalized spacial score (nSPS) is 26.7. The Morgan fingerprint density at radius 3 is 2.72 bits per heavy atom. The Morgan fingerprint density at radius 1 is 1.56 bits per heavy atom. The van der Waals surface area contributed by atoms with Gasteiger partial charge in [0.1, 0.15) is 0 Å². The van der Waals surface area contributed by atoms with Gasteiger partial charge in [-0.1, -0.05) is 0 Å². The monoisotopic (exact) mass is 336 g/mol. The molecule has 1 aliphatic heterocycles. The molecule has 1 fully saturated rings. The molecule has 2 heterocycles. The summed E-state index contributed by atoms with van der Waals surface area (Å²) in [5.41, 5.74) is 0.576. The van der Waals surface area contributed by atoms with E-state index in [9.17, 15) is 13.5 Å². The van der Waals surface area contributed by atoms with E-state index in [1.807, 2.05) is 18.5 Å². The largest absolute Gasteiger partial charge is 0.388 e. The van der Waals surface area contributed by atoms with Crippen molar-refractivity contribution < 1.29 is 13.5 Å². The van der Waals surface area contributed by atoms with Crippen molar-refractivity contribution >= 4 is 25.8 Å². The second-order valence-corrected chi connectivity index (χ2v) is 7.88. The van der Waals surface area contributed by atoms with Crippen LogP contribution in [0.1, 0.15) is 24.7 Å². The molecule has 2 rings (SSSR count). The van der Waals surface area contributed by atoms with Crippen molar-refractivity contribution in [1.82, 2.24) is 9.78 Å². The Morgan fingerprint density at radius 2 is 2.22 bits per heavy atom.